The number of piperazine rings is 1. The maximum absolute atomic E-state index is 12.9. The predicted octanol–water partition coefficient (Wildman–Crippen LogP) is 3.45. The minimum Gasteiger partial charge on any atom is -0.354 e. The third kappa shape index (κ3) is 5.04. The first-order chi connectivity index (χ1) is 16.6. The van der Waals surface area contributed by atoms with Crippen molar-refractivity contribution in [1.82, 2.24) is 15.2 Å². The minimum atomic E-state index is -0.0231. The Bertz CT molecular complexity index is 1200. The molecule has 1 aromatic heterocycles. The maximum atomic E-state index is 12.9. The van der Waals surface area contributed by atoms with Crippen molar-refractivity contribution < 1.29 is 9.59 Å². The summed E-state index contributed by atoms with van der Waals surface area (Å²) < 4.78 is 0. The molecule has 7 heteroatoms. The molecule has 2 aliphatic rings. The van der Waals surface area contributed by atoms with Crippen molar-refractivity contribution in [1.29, 1.82) is 0 Å². The summed E-state index contributed by atoms with van der Waals surface area (Å²) in [6.45, 7) is 5.50. The number of anilines is 2. The lowest BCUT2D eigenvalue weighted by molar-refractivity contribution is -0.117. The van der Waals surface area contributed by atoms with Crippen LogP contribution in [-0.2, 0) is 11.2 Å². The molecule has 0 atom stereocenters. The van der Waals surface area contributed by atoms with E-state index in [1.165, 1.54) is 0 Å². The van der Waals surface area contributed by atoms with E-state index in [1.54, 1.807) is 0 Å². The number of rotatable bonds is 7. The van der Waals surface area contributed by atoms with Crippen LogP contribution in [0.1, 0.15) is 35.7 Å². The first kappa shape index (κ1) is 22.3. The van der Waals surface area contributed by atoms with Crippen LogP contribution in [0, 0.1) is 0 Å². The number of hydrogen-bond acceptors (Lipinski definition) is 5. The Balaban J connectivity index is 1.24. The Morgan fingerprint density at radius 2 is 1.74 bits per heavy atom. The minimum absolute atomic E-state index is 0.0113. The van der Waals surface area contributed by atoms with Crippen molar-refractivity contribution in [2.45, 2.75) is 32.2 Å². The van der Waals surface area contributed by atoms with Crippen LogP contribution >= 0.6 is 0 Å². The Hall–Kier alpha value is -3.45. The zero-order valence-corrected chi connectivity index (χ0v) is 19.6. The van der Waals surface area contributed by atoms with Gasteiger partial charge in [-0.1, -0.05) is 43.3 Å². The van der Waals surface area contributed by atoms with E-state index in [-0.39, 0.29) is 11.8 Å². The lowest BCUT2D eigenvalue weighted by Gasteiger charge is -2.35. The number of carbonyl (C=O) groups excluding carboxylic acids is 2. The Labute approximate surface area is 200 Å². The maximum Gasteiger partial charge on any atom is 0.252 e. The predicted molar refractivity (Wildman–Crippen MR) is 135 cm³/mol. The van der Waals surface area contributed by atoms with Gasteiger partial charge in [0.2, 0.25) is 5.91 Å². The van der Waals surface area contributed by atoms with Gasteiger partial charge in [0, 0.05) is 43.3 Å². The SMILES string of the molecule is CCc1ccccc1NC(=O)CN1CCN(c2cc(C(=O)NC3CC3)c3ccccc3n2)CC1. The number of carbonyl (C=O) groups is 2. The zero-order chi connectivity index (χ0) is 23.5. The lowest BCUT2D eigenvalue weighted by Crippen LogP contribution is -2.49. The van der Waals surface area contributed by atoms with Crippen LogP contribution < -0.4 is 15.5 Å². The molecule has 2 fully saturated rings. The standard InChI is InChI=1S/C27H31N5O2/c1-2-19-7-3-5-9-23(19)30-26(33)18-31-13-15-32(16-14-31)25-17-22(27(34)28-20-11-12-20)21-8-4-6-10-24(21)29-25/h3-10,17,20H,2,11-16,18H2,1H3,(H,28,34)(H,30,33). The fourth-order valence-electron chi connectivity index (χ4n) is 4.48. The topological polar surface area (TPSA) is 77.6 Å². The second kappa shape index (κ2) is 9.81. The van der Waals surface area contributed by atoms with Crippen molar-refractivity contribution in [3.05, 3.63) is 65.7 Å². The highest BCUT2D eigenvalue weighted by Gasteiger charge is 2.26. The van der Waals surface area contributed by atoms with Gasteiger partial charge >= 0.3 is 0 Å². The number of fused-ring (bicyclic) bond motifs is 1. The molecule has 34 heavy (non-hydrogen) atoms. The van der Waals surface area contributed by atoms with Gasteiger partial charge in [0.05, 0.1) is 17.6 Å². The summed E-state index contributed by atoms with van der Waals surface area (Å²) in [6, 6.07) is 18.0. The molecule has 1 saturated carbocycles. The molecular weight excluding hydrogens is 426 g/mol. The van der Waals surface area contributed by atoms with Crippen LogP contribution in [0.3, 0.4) is 0 Å². The van der Waals surface area contributed by atoms with E-state index in [0.29, 0.717) is 18.2 Å². The molecule has 2 N–H and O–H groups in total. The molecule has 2 heterocycles. The van der Waals surface area contributed by atoms with Gasteiger partial charge in [-0.05, 0) is 43.0 Å². The second-order valence-corrected chi connectivity index (χ2v) is 9.11. The molecule has 0 bridgehead atoms. The number of nitrogens with zero attached hydrogens (tertiary/aromatic N) is 3. The smallest absolute Gasteiger partial charge is 0.252 e. The first-order valence-electron chi connectivity index (χ1n) is 12.2. The van der Waals surface area contributed by atoms with Crippen LogP contribution in [-0.4, -0.2) is 60.5 Å². The van der Waals surface area contributed by atoms with Gasteiger partial charge < -0.3 is 15.5 Å². The monoisotopic (exact) mass is 457 g/mol. The molecule has 7 nitrogen and oxygen atoms in total. The molecule has 1 aliphatic heterocycles. The third-order valence-electron chi connectivity index (χ3n) is 6.60. The fourth-order valence-corrected chi connectivity index (χ4v) is 4.48. The van der Waals surface area contributed by atoms with Gasteiger partial charge in [0.1, 0.15) is 5.82 Å². The second-order valence-electron chi connectivity index (χ2n) is 9.11. The van der Waals surface area contributed by atoms with Crippen LogP contribution in [0.4, 0.5) is 11.5 Å². The first-order valence-corrected chi connectivity index (χ1v) is 12.2. The molecule has 176 valence electrons. The highest BCUT2D eigenvalue weighted by atomic mass is 16.2. The number of aromatic nitrogens is 1. The van der Waals surface area contributed by atoms with Crippen molar-refractivity contribution in [3.63, 3.8) is 0 Å². The molecule has 0 spiro atoms. The van der Waals surface area contributed by atoms with Crippen LogP contribution in [0.25, 0.3) is 10.9 Å². The van der Waals surface area contributed by atoms with E-state index in [1.807, 2.05) is 54.6 Å². The van der Waals surface area contributed by atoms with Gasteiger partial charge in [-0.3, -0.25) is 14.5 Å². The van der Waals surface area contributed by atoms with E-state index in [2.05, 4.69) is 27.4 Å². The molecule has 1 saturated heterocycles. The Morgan fingerprint density at radius 3 is 2.50 bits per heavy atom. The normalized spacial score (nSPS) is 16.4. The van der Waals surface area contributed by atoms with E-state index in [0.717, 1.165) is 73.4 Å². The molecule has 2 amide bonds. The molecular formula is C27H31N5O2. The van der Waals surface area contributed by atoms with Crippen molar-refractivity contribution in [3.8, 4) is 0 Å². The Kier molecular flexibility index (Phi) is 6.45. The summed E-state index contributed by atoms with van der Waals surface area (Å²) in [5, 5.41) is 7.05. The van der Waals surface area contributed by atoms with E-state index in [4.69, 9.17) is 4.98 Å². The van der Waals surface area contributed by atoms with Gasteiger partial charge in [0.25, 0.3) is 5.91 Å². The summed E-state index contributed by atoms with van der Waals surface area (Å²) in [5.41, 5.74) is 3.55. The van der Waals surface area contributed by atoms with Crippen molar-refractivity contribution >= 4 is 34.2 Å². The Morgan fingerprint density at radius 1 is 1.00 bits per heavy atom. The number of nitrogens with one attached hydrogen (secondary N) is 2. The summed E-state index contributed by atoms with van der Waals surface area (Å²) in [4.78, 5) is 34.8. The molecule has 0 radical (unpaired) electrons. The third-order valence-corrected chi connectivity index (χ3v) is 6.60. The van der Waals surface area contributed by atoms with E-state index < -0.39 is 0 Å². The van der Waals surface area contributed by atoms with Gasteiger partial charge in [-0.15, -0.1) is 0 Å². The number of para-hydroxylation sites is 2. The van der Waals surface area contributed by atoms with E-state index >= 15 is 0 Å². The number of amides is 2. The molecule has 2 aromatic carbocycles. The number of benzene rings is 2. The number of pyridine rings is 1. The van der Waals surface area contributed by atoms with Crippen LogP contribution in [0.5, 0.6) is 0 Å². The zero-order valence-electron chi connectivity index (χ0n) is 19.6. The fraction of sp³-hybridized carbons (Fsp3) is 0.370. The largest absolute Gasteiger partial charge is 0.354 e. The molecule has 0 unspecified atom stereocenters. The number of aryl methyl sites for hydroxylation is 1. The molecule has 1 aliphatic carbocycles. The highest BCUT2D eigenvalue weighted by Crippen LogP contribution is 2.26. The van der Waals surface area contributed by atoms with Gasteiger partial charge in [-0.25, -0.2) is 4.98 Å². The lowest BCUT2D eigenvalue weighted by atomic mass is 10.1. The highest BCUT2D eigenvalue weighted by molar-refractivity contribution is 6.07. The van der Waals surface area contributed by atoms with E-state index in [9.17, 15) is 9.59 Å². The van der Waals surface area contributed by atoms with Crippen LogP contribution in [0.2, 0.25) is 0 Å². The van der Waals surface area contributed by atoms with Gasteiger partial charge in [-0.2, -0.15) is 0 Å². The summed E-state index contributed by atoms with van der Waals surface area (Å²) in [5.74, 6) is 0.808. The molecule has 5 rings (SSSR count). The average molecular weight is 458 g/mol. The van der Waals surface area contributed by atoms with Gasteiger partial charge in [0.15, 0.2) is 0 Å². The number of hydrogen-bond donors (Lipinski definition) is 2. The average Bonchev–Trinajstić information content (AvgIpc) is 3.68. The summed E-state index contributed by atoms with van der Waals surface area (Å²) in [6.07, 6.45) is 3.00. The summed E-state index contributed by atoms with van der Waals surface area (Å²) in [7, 11) is 0. The summed E-state index contributed by atoms with van der Waals surface area (Å²) >= 11 is 0. The van der Waals surface area contributed by atoms with Crippen molar-refractivity contribution in [2.75, 3.05) is 42.9 Å². The van der Waals surface area contributed by atoms with Crippen molar-refractivity contribution in [2.24, 2.45) is 0 Å². The molecule has 3 aromatic rings. The van der Waals surface area contributed by atoms with Crippen LogP contribution in [0.15, 0.2) is 54.6 Å². The quantitative estimate of drug-likeness (QED) is 0.568.